The van der Waals surface area contributed by atoms with Crippen LogP contribution in [0.15, 0.2) is 78.0 Å². The summed E-state index contributed by atoms with van der Waals surface area (Å²) in [6.07, 6.45) is -3.69. The number of alkyl halides is 3. The molecule has 1 fully saturated rings. The van der Waals surface area contributed by atoms with Crippen LogP contribution in [-0.2, 0) is 16.0 Å². The highest BCUT2D eigenvalue weighted by Crippen LogP contribution is 2.35. The predicted octanol–water partition coefficient (Wildman–Crippen LogP) is 5.97. The van der Waals surface area contributed by atoms with Crippen molar-refractivity contribution in [2.75, 3.05) is 24.4 Å². The van der Waals surface area contributed by atoms with Gasteiger partial charge >= 0.3 is 12.5 Å². The van der Waals surface area contributed by atoms with Crippen molar-refractivity contribution in [1.82, 2.24) is 14.8 Å². The lowest BCUT2D eigenvalue weighted by Crippen LogP contribution is -2.30. The van der Waals surface area contributed by atoms with Gasteiger partial charge in [0.1, 0.15) is 17.8 Å². The summed E-state index contributed by atoms with van der Waals surface area (Å²) in [5.74, 6) is 0.506. The molecule has 1 aliphatic rings. The second-order valence-corrected chi connectivity index (χ2v) is 10.1. The summed E-state index contributed by atoms with van der Waals surface area (Å²) in [6.45, 7) is 1.96. The minimum absolute atomic E-state index is 0.0717. The Morgan fingerprint density at radius 2 is 1.81 bits per heavy atom. The molecular formula is C29H24F3N5O5S. The smallest absolute Gasteiger partial charge is 0.495 e. The summed E-state index contributed by atoms with van der Waals surface area (Å²) in [4.78, 5) is 34.7. The standard InChI is InChI=1S/C29H24F3N5O5S/c1-18-3-12-24(40-2)23(15-18)37-25(38)16-43-27(37)34-28(39)41-14-13-19-4-6-20(7-5-19)26-33-17-36(35-26)21-8-10-22(11-9-21)42-29(30,31)32/h3-12,15,17H,13-14,16H2,1-2H3. The van der Waals surface area contributed by atoms with Crippen molar-refractivity contribution in [2.24, 2.45) is 4.99 Å². The first kappa shape index (κ1) is 29.6. The second-order valence-electron chi connectivity index (χ2n) is 9.20. The summed E-state index contributed by atoms with van der Waals surface area (Å²) in [5.41, 5.74) is 3.55. The van der Waals surface area contributed by atoms with Crippen molar-refractivity contribution in [3.8, 4) is 28.6 Å². The molecule has 1 saturated heterocycles. The topological polar surface area (TPSA) is 108 Å². The number of aromatic nitrogens is 3. The molecule has 14 heteroatoms. The lowest BCUT2D eigenvalue weighted by molar-refractivity contribution is -0.274. The summed E-state index contributed by atoms with van der Waals surface area (Å²) in [6, 6.07) is 18.0. The zero-order valence-electron chi connectivity index (χ0n) is 22.9. The molecule has 2 heterocycles. The van der Waals surface area contributed by atoms with Crippen molar-refractivity contribution in [3.63, 3.8) is 0 Å². The number of thioether (sulfide) groups is 1. The third-order valence-electron chi connectivity index (χ3n) is 6.18. The van der Waals surface area contributed by atoms with E-state index in [0.717, 1.165) is 28.5 Å². The van der Waals surface area contributed by atoms with Gasteiger partial charge in [0.15, 0.2) is 11.0 Å². The number of anilines is 1. The highest BCUT2D eigenvalue weighted by molar-refractivity contribution is 8.15. The monoisotopic (exact) mass is 611 g/mol. The van der Waals surface area contributed by atoms with Crippen molar-refractivity contribution in [1.29, 1.82) is 0 Å². The van der Waals surface area contributed by atoms with Crippen LogP contribution in [0.5, 0.6) is 11.5 Å². The Labute approximate surface area is 248 Å². The van der Waals surface area contributed by atoms with Gasteiger partial charge in [-0.05, 0) is 54.4 Å². The summed E-state index contributed by atoms with van der Waals surface area (Å²) < 4.78 is 53.2. The molecule has 0 atom stereocenters. The van der Waals surface area contributed by atoms with Gasteiger partial charge in [-0.15, -0.1) is 18.3 Å². The number of amides is 2. The third kappa shape index (κ3) is 7.33. The molecule has 0 saturated carbocycles. The average Bonchev–Trinajstić information content (AvgIpc) is 3.60. The van der Waals surface area contributed by atoms with Gasteiger partial charge in [-0.2, -0.15) is 4.99 Å². The summed E-state index contributed by atoms with van der Waals surface area (Å²) in [5, 5.41) is 4.61. The van der Waals surface area contributed by atoms with Crippen LogP contribution in [0, 0.1) is 6.92 Å². The highest BCUT2D eigenvalue weighted by Gasteiger charge is 2.33. The van der Waals surface area contributed by atoms with Crippen molar-refractivity contribution >= 4 is 34.6 Å². The Morgan fingerprint density at radius 1 is 1.07 bits per heavy atom. The number of carbonyl (C=O) groups is 2. The Kier molecular flexibility index (Phi) is 8.66. The molecule has 3 aromatic carbocycles. The maximum Gasteiger partial charge on any atom is 0.573 e. The Bertz CT molecular complexity index is 1660. The van der Waals surface area contributed by atoms with E-state index in [-0.39, 0.29) is 29.2 Å². The van der Waals surface area contributed by atoms with Crippen LogP contribution in [0.25, 0.3) is 17.1 Å². The molecule has 0 spiro atoms. The summed E-state index contributed by atoms with van der Waals surface area (Å²) >= 11 is 1.15. The van der Waals surface area contributed by atoms with Crippen LogP contribution in [-0.4, -0.2) is 57.8 Å². The number of aryl methyl sites for hydroxylation is 1. The van der Waals surface area contributed by atoms with Gasteiger partial charge in [-0.25, -0.2) is 14.5 Å². The minimum Gasteiger partial charge on any atom is -0.495 e. The first-order valence-corrected chi connectivity index (χ1v) is 13.8. The fourth-order valence-electron chi connectivity index (χ4n) is 4.16. The van der Waals surface area contributed by atoms with E-state index < -0.39 is 12.5 Å². The molecule has 4 aromatic rings. The van der Waals surface area contributed by atoms with Crippen molar-refractivity contribution in [2.45, 2.75) is 19.7 Å². The van der Waals surface area contributed by atoms with Crippen molar-refractivity contribution in [3.05, 3.63) is 84.2 Å². The van der Waals surface area contributed by atoms with E-state index in [1.165, 1.54) is 47.3 Å². The van der Waals surface area contributed by atoms with Gasteiger partial charge in [0.2, 0.25) is 5.91 Å². The number of carbonyl (C=O) groups excluding carboxylic acids is 2. The highest BCUT2D eigenvalue weighted by atomic mass is 32.2. The zero-order valence-corrected chi connectivity index (χ0v) is 23.7. The normalized spacial score (nSPS) is 14.3. The maximum absolute atomic E-state index is 12.6. The molecule has 0 radical (unpaired) electrons. The second kappa shape index (κ2) is 12.6. The van der Waals surface area contributed by atoms with E-state index in [2.05, 4.69) is 19.8 Å². The molecule has 5 rings (SSSR count). The van der Waals surface area contributed by atoms with Gasteiger partial charge in [-0.3, -0.25) is 9.69 Å². The number of halogens is 3. The molecule has 0 aliphatic carbocycles. The van der Waals surface area contributed by atoms with E-state index in [4.69, 9.17) is 9.47 Å². The molecular weight excluding hydrogens is 587 g/mol. The van der Waals surface area contributed by atoms with Crippen LogP contribution in [0.2, 0.25) is 0 Å². The number of hydrogen-bond acceptors (Lipinski definition) is 8. The van der Waals surface area contributed by atoms with Crippen LogP contribution in [0.4, 0.5) is 23.7 Å². The Hall–Kier alpha value is -4.85. The number of methoxy groups -OCH3 is 1. The van der Waals surface area contributed by atoms with Gasteiger partial charge < -0.3 is 14.2 Å². The van der Waals surface area contributed by atoms with E-state index in [1.807, 2.05) is 37.3 Å². The SMILES string of the molecule is COc1ccc(C)cc1N1C(=O)CSC1=NC(=O)OCCc1ccc(-c2ncn(-c3ccc(OC(F)(F)F)cc3)n2)cc1. The molecule has 0 unspecified atom stereocenters. The predicted molar refractivity (Wildman–Crippen MR) is 154 cm³/mol. The van der Waals surface area contributed by atoms with Gasteiger partial charge in [0.05, 0.1) is 30.8 Å². The molecule has 10 nitrogen and oxygen atoms in total. The average molecular weight is 612 g/mol. The molecule has 222 valence electrons. The molecule has 2 amide bonds. The Balaban J connectivity index is 1.17. The summed E-state index contributed by atoms with van der Waals surface area (Å²) in [7, 11) is 1.51. The first-order chi connectivity index (χ1) is 20.6. The third-order valence-corrected chi connectivity index (χ3v) is 7.11. The van der Waals surface area contributed by atoms with Crippen LogP contribution in [0.1, 0.15) is 11.1 Å². The van der Waals surface area contributed by atoms with E-state index in [9.17, 15) is 22.8 Å². The lowest BCUT2D eigenvalue weighted by atomic mass is 10.1. The van der Waals surface area contributed by atoms with Gasteiger partial charge in [0.25, 0.3) is 0 Å². The number of benzene rings is 3. The molecule has 1 aliphatic heterocycles. The van der Waals surface area contributed by atoms with E-state index >= 15 is 0 Å². The number of amidine groups is 1. The first-order valence-electron chi connectivity index (χ1n) is 12.8. The van der Waals surface area contributed by atoms with E-state index in [0.29, 0.717) is 29.4 Å². The number of rotatable bonds is 8. The molecule has 1 aromatic heterocycles. The number of aliphatic imine (C=N–C) groups is 1. The fraction of sp³-hybridized carbons (Fsp3) is 0.207. The zero-order chi connectivity index (χ0) is 30.6. The van der Waals surface area contributed by atoms with Crippen LogP contribution >= 0.6 is 11.8 Å². The fourth-order valence-corrected chi connectivity index (χ4v) is 5.01. The minimum atomic E-state index is -4.76. The maximum atomic E-state index is 12.6. The molecule has 0 N–H and O–H groups in total. The van der Waals surface area contributed by atoms with Crippen molar-refractivity contribution < 1.29 is 37.0 Å². The lowest BCUT2D eigenvalue weighted by Gasteiger charge is -2.19. The number of hydrogen-bond donors (Lipinski definition) is 0. The van der Waals surface area contributed by atoms with Gasteiger partial charge in [-0.1, -0.05) is 42.1 Å². The molecule has 43 heavy (non-hydrogen) atoms. The van der Waals surface area contributed by atoms with Gasteiger partial charge in [0, 0.05) is 12.0 Å². The number of ether oxygens (including phenoxy) is 3. The van der Waals surface area contributed by atoms with Crippen LogP contribution < -0.4 is 14.4 Å². The number of nitrogens with zero attached hydrogens (tertiary/aromatic N) is 5. The van der Waals surface area contributed by atoms with Crippen LogP contribution in [0.3, 0.4) is 0 Å². The molecule has 0 bridgehead atoms. The Morgan fingerprint density at radius 3 is 2.51 bits per heavy atom. The largest absolute Gasteiger partial charge is 0.573 e. The van der Waals surface area contributed by atoms with E-state index in [1.54, 1.807) is 12.1 Å². The quantitative estimate of drug-likeness (QED) is 0.240.